The van der Waals surface area contributed by atoms with Gasteiger partial charge in [0.15, 0.2) is 0 Å². The Hall–Kier alpha value is -2.31. The summed E-state index contributed by atoms with van der Waals surface area (Å²) >= 11 is 0. The van der Waals surface area contributed by atoms with Crippen LogP contribution in [0.5, 0.6) is 0 Å². The van der Waals surface area contributed by atoms with Gasteiger partial charge in [0.05, 0.1) is 24.1 Å². The van der Waals surface area contributed by atoms with Crippen LogP contribution in [0.15, 0.2) is 42.7 Å². The van der Waals surface area contributed by atoms with Crippen LogP contribution < -0.4 is 5.32 Å². The maximum atomic E-state index is 11.9. The van der Waals surface area contributed by atoms with Crippen molar-refractivity contribution in [1.29, 1.82) is 0 Å². The summed E-state index contributed by atoms with van der Waals surface area (Å²) in [5, 5.41) is 20.2. The Balaban J connectivity index is 0.00000109. The molecule has 1 aromatic carbocycles. The largest absolute Gasteiger partial charge is 0.390 e. The number of amides is 1. The average molecular weight is 342 g/mol. The summed E-state index contributed by atoms with van der Waals surface area (Å²) in [4.78, 5) is 14.1. The third-order valence-corrected chi connectivity index (χ3v) is 4.02. The van der Waals surface area contributed by atoms with E-state index in [9.17, 15) is 9.90 Å². The molecule has 0 saturated carbocycles. The minimum absolute atomic E-state index is 0.222. The van der Waals surface area contributed by atoms with Gasteiger partial charge in [-0.05, 0) is 23.6 Å². The molecule has 1 aromatic heterocycles. The van der Waals surface area contributed by atoms with Crippen LogP contribution in [0, 0.1) is 0 Å². The molecule has 2 N–H and O–H groups in total. The van der Waals surface area contributed by atoms with Crippen LogP contribution in [0.1, 0.15) is 35.3 Å². The predicted octanol–water partition coefficient (Wildman–Crippen LogP) is 1.65. The lowest BCUT2D eigenvalue weighted by Gasteiger charge is -2.30. The molecule has 6 heteroatoms. The lowest BCUT2D eigenvalue weighted by molar-refractivity contribution is 0.0841. The highest BCUT2D eigenvalue weighted by Crippen LogP contribution is 2.18. The fourth-order valence-corrected chi connectivity index (χ4v) is 2.81. The third kappa shape index (κ3) is 5.62. The van der Waals surface area contributed by atoms with Gasteiger partial charge in [-0.25, -0.2) is 0 Å². The van der Waals surface area contributed by atoms with E-state index in [0.717, 1.165) is 19.5 Å². The van der Waals surface area contributed by atoms with E-state index in [1.165, 1.54) is 23.5 Å². The molecule has 2 aromatic rings. The van der Waals surface area contributed by atoms with E-state index in [1.807, 2.05) is 19.9 Å². The fourth-order valence-electron chi connectivity index (χ4n) is 2.81. The number of carbonyl (C=O) groups is 1. The molecule has 0 saturated heterocycles. The molecule has 25 heavy (non-hydrogen) atoms. The van der Waals surface area contributed by atoms with Crippen LogP contribution in [0.4, 0.5) is 0 Å². The molecular formula is C19H26N4O2. The molecule has 1 aliphatic heterocycles. The molecule has 2 heterocycles. The standard InChI is InChI=1S/C17H20N4O2.C2H6/c22-16(10-18-17(23)14-5-7-19-20-9-14)12-21-8-6-13-3-1-2-4-15(13)11-21;1-2/h1-5,7,9,16,22H,6,8,10-12H2,(H,18,23);1-2H3/t16-;/m1./s1. The van der Waals surface area contributed by atoms with E-state index >= 15 is 0 Å². The molecule has 0 spiro atoms. The first-order chi connectivity index (χ1) is 12.2. The van der Waals surface area contributed by atoms with E-state index < -0.39 is 6.10 Å². The van der Waals surface area contributed by atoms with Gasteiger partial charge in [0.1, 0.15) is 0 Å². The maximum Gasteiger partial charge on any atom is 0.253 e. The molecule has 3 rings (SSSR count). The number of aliphatic hydroxyl groups is 1. The molecule has 1 amide bonds. The average Bonchev–Trinajstić information content (AvgIpc) is 2.68. The number of β-amino-alcohol motifs (C(OH)–C–C–N with tert-alkyl or cyclic N) is 1. The minimum Gasteiger partial charge on any atom is -0.390 e. The summed E-state index contributed by atoms with van der Waals surface area (Å²) in [6.45, 7) is 6.54. The molecule has 1 aliphatic rings. The molecule has 6 nitrogen and oxygen atoms in total. The van der Waals surface area contributed by atoms with Crippen molar-refractivity contribution in [3.8, 4) is 0 Å². The van der Waals surface area contributed by atoms with Crippen molar-refractivity contribution in [3.63, 3.8) is 0 Å². The summed E-state index contributed by atoms with van der Waals surface area (Å²) in [6.07, 6.45) is 3.27. The van der Waals surface area contributed by atoms with Gasteiger partial charge in [0.25, 0.3) is 5.91 Å². The Labute approximate surface area is 148 Å². The van der Waals surface area contributed by atoms with E-state index in [-0.39, 0.29) is 12.5 Å². The van der Waals surface area contributed by atoms with E-state index in [0.29, 0.717) is 12.1 Å². The number of hydrogen-bond donors (Lipinski definition) is 2. The van der Waals surface area contributed by atoms with Crippen LogP contribution in [0.25, 0.3) is 0 Å². The highest BCUT2D eigenvalue weighted by Gasteiger charge is 2.18. The number of aromatic nitrogens is 2. The maximum absolute atomic E-state index is 11.9. The first-order valence-corrected chi connectivity index (χ1v) is 8.74. The number of nitrogens with one attached hydrogen (secondary N) is 1. The van der Waals surface area contributed by atoms with E-state index in [1.54, 1.807) is 6.07 Å². The SMILES string of the molecule is CC.O=C(NC[C@@H](O)CN1CCc2ccccc2C1)c1ccnnc1. The number of hydrogen-bond acceptors (Lipinski definition) is 5. The van der Waals surface area contributed by atoms with Crippen molar-refractivity contribution in [3.05, 3.63) is 59.4 Å². The fraction of sp³-hybridized carbons (Fsp3) is 0.421. The summed E-state index contributed by atoms with van der Waals surface area (Å²) in [5.41, 5.74) is 3.15. The van der Waals surface area contributed by atoms with Crippen molar-refractivity contribution < 1.29 is 9.90 Å². The normalized spacial score (nSPS) is 14.7. The summed E-state index contributed by atoms with van der Waals surface area (Å²) in [5.74, 6) is -0.247. The third-order valence-electron chi connectivity index (χ3n) is 4.02. The zero-order valence-electron chi connectivity index (χ0n) is 14.9. The Bertz CT molecular complexity index is 663. The van der Waals surface area contributed by atoms with Crippen LogP contribution in [0.3, 0.4) is 0 Å². The number of fused-ring (bicyclic) bond motifs is 1. The highest BCUT2D eigenvalue weighted by atomic mass is 16.3. The zero-order chi connectivity index (χ0) is 18.1. The Morgan fingerprint density at radius 3 is 2.72 bits per heavy atom. The topological polar surface area (TPSA) is 78.4 Å². The molecule has 0 bridgehead atoms. The lowest BCUT2D eigenvalue weighted by atomic mass is 10.00. The van der Waals surface area contributed by atoms with Crippen molar-refractivity contribution in [1.82, 2.24) is 20.4 Å². The summed E-state index contributed by atoms with van der Waals surface area (Å²) < 4.78 is 0. The smallest absolute Gasteiger partial charge is 0.253 e. The molecule has 0 radical (unpaired) electrons. The Morgan fingerprint density at radius 2 is 2.00 bits per heavy atom. The van der Waals surface area contributed by atoms with Crippen molar-refractivity contribution >= 4 is 5.91 Å². The van der Waals surface area contributed by atoms with Gasteiger partial charge < -0.3 is 10.4 Å². The highest BCUT2D eigenvalue weighted by molar-refractivity contribution is 5.93. The first kappa shape index (κ1) is 19.0. The first-order valence-electron chi connectivity index (χ1n) is 8.74. The molecule has 1 atom stereocenters. The number of nitrogens with zero attached hydrogens (tertiary/aromatic N) is 3. The van der Waals surface area contributed by atoms with Gasteiger partial charge in [0.2, 0.25) is 0 Å². The van der Waals surface area contributed by atoms with Gasteiger partial charge in [-0.2, -0.15) is 10.2 Å². The van der Waals surface area contributed by atoms with Crippen molar-refractivity contribution in [2.75, 3.05) is 19.6 Å². The Kier molecular flexibility index (Phi) is 7.50. The molecule has 0 fully saturated rings. The predicted molar refractivity (Wildman–Crippen MR) is 97.1 cm³/mol. The van der Waals surface area contributed by atoms with Crippen LogP contribution in [-0.2, 0) is 13.0 Å². The number of rotatable bonds is 5. The Morgan fingerprint density at radius 1 is 1.24 bits per heavy atom. The zero-order valence-corrected chi connectivity index (χ0v) is 14.9. The second-order valence-electron chi connectivity index (χ2n) is 5.75. The number of carbonyl (C=O) groups excluding carboxylic acids is 1. The van der Waals surface area contributed by atoms with Gasteiger partial charge in [-0.1, -0.05) is 38.1 Å². The molecule has 0 aliphatic carbocycles. The van der Waals surface area contributed by atoms with Crippen LogP contribution >= 0.6 is 0 Å². The van der Waals surface area contributed by atoms with E-state index in [4.69, 9.17) is 0 Å². The quantitative estimate of drug-likeness (QED) is 0.864. The van der Waals surface area contributed by atoms with Gasteiger partial charge >= 0.3 is 0 Å². The van der Waals surface area contributed by atoms with Crippen LogP contribution in [-0.4, -0.2) is 51.8 Å². The number of aliphatic hydroxyl groups excluding tert-OH is 1. The number of benzene rings is 1. The monoisotopic (exact) mass is 342 g/mol. The van der Waals surface area contributed by atoms with E-state index in [2.05, 4.69) is 38.6 Å². The van der Waals surface area contributed by atoms with Gasteiger partial charge in [0, 0.05) is 26.2 Å². The lowest BCUT2D eigenvalue weighted by Crippen LogP contribution is -2.42. The molecule has 134 valence electrons. The van der Waals surface area contributed by atoms with Crippen molar-refractivity contribution in [2.24, 2.45) is 0 Å². The van der Waals surface area contributed by atoms with Crippen molar-refractivity contribution in [2.45, 2.75) is 32.9 Å². The van der Waals surface area contributed by atoms with Gasteiger partial charge in [-0.15, -0.1) is 0 Å². The minimum atomic E-state index is -0.598. The molecular weight excluding hydrogens is 316 g/mol. The molecule has 0 unspecified atom stereocenters. The summed E-state index contributed by atoms with van der Waals surface area (Å²) in [7, 11) is 0. The summed E-state index contributed by atoms with van der Waals surface area (Å²) in [6, 6.07) is 9.99. The van der Waals surface area contributed by atoms with Crippen LogP contribution in [0.2, 0.25) is 0 Å². The second kappa shape index (κ2) is 9.86. The second-order valence-corrected chi connectivity index (χ2v) is 5.75. The van der Waals surface area contributed by atoms with Gasteiger partial charge in [-0.3, -0.25) is 9.69 Å².